The molecule has 0 fully saturated rings. The van der Waals surface area contributed by atoms with Gasteiger partial charge in [0.05, 0.1) is 16.6 Å². The predicted molar refractivity (Wildman–Crippen MR) is 239 cm³/mol. The Morgan fingerprint density at radius 3 is 1.89 bits per heavy atom. The highest BCUT2D eigenvalue weighted by Gasteiger charge is 2.44. The van der Waals surface area contributed by atoms with E-state index < -0.39 is 8.07 Å². The molecule has 5 heterocycles. The Balaban J connectivity index is 1.33. The van der Waals surface area contributed by atoms with Crippen LogP contribution < -0.4 is 20.7 Å². The normalized spacial score (nSPS) is 12.3. The molecule has 0 amide bonds. The first-order chi connectivity index (χ1) is 27.8. The van der Waals surface area contributed by atoms with Crippen molar-refractivity contribution < 1.29 is 0 Å². The van der Waals surface area contributed by atoms with Crippen molar-refractivity contribution in [1.82, 2.24) is 18.9 Å². The molecule has 0 aliphatic carbocycles. The van der Waals surface area contributed by atoms with Crippen molar-refractivity contribution in [3.05, 3.63) is 195 Å². The standard InChI is InChI=1S/C50H32N4SSi/c1-3-15-33(16-4-1)56(34-17-5-2-6-18-34,35-26-27-36-37-19-7-10-22-41(37)53-30-29-52-50(53)40(36)31-35)45-32-43-47(48-39-21-9-12-24-44(39)55-49(45)48)38-20-8-11-23-42(38)54(43)46-25-13-14-28-51-46/h1-32H. The van der Waals surface area contributed by atoms with Crippen LogP contribution in [-0.2, 0) is 0 Å². The molecule has 5 aromatic heterocycles. The molecular weight excluding hydrogens is 717 g/mol. The maximum Gasteiger partial charge on any atom is 0.181 e. The van der Waals surface area contributed by atoms with Gasteiger partial charge in [-0.05, 0) is 62.5 Å². The van der Waals surface area contributed by atoms with Gasteiger partial charge in [-0.1, -0.05) is 140 Å². The van der Waals surface area contributed by atoms with Crippen LogP contribution in [0.3, 0.4) is 0 Å². The van der Waals surface area contributed by atoms with Gasteiger partial charge >= 0.3 is 0 Å². The SMILES string of the molecule is c1ccc([Si](c2ccccc2)(c2ccc3c4ccccc4n4ccnc4c3c2)c2cc3c(c4ccccc4n3-c3ccccn3)c3c2sc2ccccc23)cc1. The Labute approximate surface area is 327 Å². The van der Waals surface area contributed by atoms with Crippen molar-refractivity contribution in [1.29, 1.82) is 0 Å². The van der Waals surface area contributed by atoms with E-state index in [9.17, 15) is 0 Å². The van der Waals surface area contributed by atoms with Gasteiger partial charge in [0.25, 0.3) is 0 Å². The van der Waals surface area contributed by atoms with E-state index in [4.69, 9.17) is 9.97 Å². The lowest BCUT2D eigenvalue weighted by atomic mass is 10.1. The molecule has 0 unspecified atom stereocenters. The third kappa shape index (κ3) is 4.28. The van der Waals surface area contributed by atoms with Crippen LogP contribution in [0.1, 0.15) is 0 Å². The Hall–Kier alpha value is -6.86. The largest absolute Gasteiger partial charge is 0.299 e. The molecular formula is C50H32N4SSi. The van der Waals surface area contributed by atoms with Crippen molar-refractivity contribution in [3.8, 4) is 5.82 Å². The van der Waals surface area contributed by atoms with E-state index in [1.165, 1.54) is 68.0 Å². The second kappa shape index (κ2) is 12.1. The summed E-state index contributed by atoms with van der Waals surface area (Å²) in [6, 6.07) is 65.1. The Morgan fingerprint density at radius 1 is 0.446 bits per heavy atom. The van der Waals surface area contributed by atoms with Gasteiger partial charge in [-0.15, -0.1) is 11.3 Å². The number of nitrogens with zero attached hydrogens (tertiary/aromatic N) is 4. The average molecular weight is 749 g/mol. The van der Waals surface area contributed by atoms with Crippen LogP contribution in [0.4, 0.5) is 0 Å². The fraction of sp³-hybridized carbons (Fsp3) is 0. The van der Waals surface area contributed by atoms with Gasteiger partial charge in [0.15, 0.2) is 8.07 Å². The summed E-state index contributed by atoms with van der Waals surface area (Å²) in [4.78, 5) is 9.97. The van der Waals surface area contributed by atoms with Gasteiger partial charge in [0.1, 0.15) is 11.5 Å². The van der Waals surface area contributed by atoms with Crippen LogP contribution in [0.15, 0.2) is 195 Å². The summed E-state index contributed by atoms with van der Waals surface area (Å²) in [5.41, 5.74) is 4.46. The summed E-state index contributed by atoms with van der Waals surface area (Å²) in [6.07, 6.45) is 5.92. The molecule has 56 heavy (non-hydrogen) atoms. The number of thiophene rings is 1. The van der Waals surface area contributed by atoms with Crippen LogP contribution in [0.25, 0.3) is 75.1 Å². The molecule has 0 aliphatic heterocycles. The van der Waals surface area contributed by atoms with E-state index in [0.717, 1.165) is 27.9 Å². The second-order valence-corrected chi connectivity index (χ2v) is 19.4. The lowest BCUT2D eigenvalue weighted by Crippen LogP contribution is -2.74. The summed E-state index contributed by atoms with van der Waals surface area (Å²) in [6.45, 7) is 0. The Kier molecular flexibility index (Phi) is 6.79. The zero-order chi connectivity index (χ0) is 36.8. The number of hydrogen-bond donors (Lipinski definition) is 0. The highest BCUT2D eigenvalue weighted by molar-refractivity contribution is 7.31. The number of hydrogen-bond acceptors (Lipinski definition) is 3. The van der Waals surface area contributed by atoms with Crippen LogP contribution in [0.2, 0.25) is 0 Å². The van der Waals surface area contributed by atoms with Gasteiger partial charge in [0, 0.05) is 60.3 Å². The molecule has 0 saturated heterocycles. The second-order valence-electron chi connectivity index (χ2n) is 14.5. The molecule has 262 valence electrons. The third-order valence-electron chi connectivity index (χ3n) is 11.8. The quantitative estimate of drug-likeness (QED) is 0.0999. The van der Waals surface area contributed by atoms with Gasteiger partial charge < -0.3 is 0 Å². The fourth-order valence-electron chi connectivity index (χ4n) is 9.50. The van der Waals surface area contributed by atoms with E-state index in [1.807, 2.05) is 29.8 Å². The maximum absolute atomic E-state index is 5.00. The van der Waals surface area contributed by atoms with Crippen molar-refractivity contribution in [3.63, 3.8) is 0 Å². The lowest BCUT2D eigenvalue weighted by molar-refractivity contribution is 1.08. The molecule has 0 spiro atoms. The lowest BCUT2D eigenvalue weighted by Gasteiger charge is -2.35. The molecule has 0 saturated carbocycles. The van der Waals surface area contributed by atoms with Crippen LogP contribution in [0.5, 0.6) is 0 Å². The topological polar surface area (TPSA) is 35.1 Å². The molecule has 0 atom stereocenters. The molecule has 0 aliphatic rings. The summed E-state index contributed by atoms with van der Waals surface area (Å²) >= 11 is 1.93. The molecule has 12 rings (SSSR count). The first-order valence-corrected chi connectivity index (χ1v) is 21.8. The van der Waals surface area contributed by atoms with Crippen molar-refractivity contribution >= 4 is 109 Å². The fourth-order valence-corrected chi connectivity index (χ4v) is 16.1. The zero-order valence-corrected chi connectivity index (χ0v) is 32.0. The number of imidazole rings is 1. The van der Waals surface area contributed by atoms with Crippen molar-refractivity contribution in [2.45, 2.75) is 0 Å². The van der Waals surface area contributed by atoms with E-state index in [1.54, 1.807) is 0 Å². The van der Waals surface area contributed by atoms with E-state index in [2.05, 4.69) is 185 Å². The van der Waals surface area contributed by atoms with Gasteiger partial charge in [-0.2, -0.15) is 0 Å². The third-order valence-corrected chi connectivity index (χ3v) is 17.9. The number of aromatic nitrogens is 4. The van der Waals surface area contributed by atoms with Crippen molar-refractivity contribution in [2.75, 3.05) is 0 Å². The minimum Gasteiger partial charge on any atom is -0.299 e. The molecule has 6 heteroatoms. The number of pyridine rings is 2. The molecule has 12 aromatic rings. The minimum absolute atomic E-state index is 0.912. The predicted octanol–water partition coefficient (Wildman–Crippen LogP) is 9.88. The smallest absolute Gasteiger partial charge is 0.181 e. The summed E-state index contributed by atoms with van der Waals surface area (Å²) in [7, 11) is -3.13. The first-order valence-electron chi connectivity index (χ1n) is 19.0. The molecule has 7 aromatic carbocycles. The number of fused-ring (bicyclic) bond motifs is 13. The van der Waals surface area contributed by atoms with E-state index in [0.29, 0.717) is 0 Å². The van der Waals surface area contributed by atoms with Crippen LogP contribution >= 0.6 is 11.3 Å². The number of benzene rings is 7. The van der Waals surface area contributed by atoms with Crippen LogP contribution in [-0.4, -0.2) is 27.0 Å². The average Bonchev–Trinajstić information content (AvgIpc) is 4.00. The summed E-state index contributed by atoms with van der Waals surface area (Å²) in [5, 5.41) is 14.1. The van der Waals surface area contributed by atoms with Crippen LogP contribution in [0, 0.1) is 0 Å². The summed E-state index contributed by atoms with van der Waals surface area (Å²) in [5.74, 6) is 0.912. The Morgan fingerprint density at radius 2 is 1.12 bits per heavy atom. The number of rotatable bonds is 5. The van der Waals surface area contributed by atoms with E-state index in [-0.39, 0.29) is 0 Å². The van der Waals surface area contributed by atoms with Gasteiger partial charge in [-0.25, -0.2) is 9.97 Å². The molecule has 0 N–H and O–H groups in total. The van der Waals surface area contributed by atoms with Gasteiger partial charge in [0.2, 0.25) is 0 Å². The van der Waals surface area contributed by atoms with Crippen molar-refractivity contribution in [2.24, 2.45) is 0 Å². The molecule has 0 radical (unpaired) electrons. The molecule has 0 bridgehead atoms. The molecule has 4 nitrogen and oxygen atoms in total. The minimum atomic E-state index is -3.13. The monoisotopic (exact) mass is 748 g/mol. The highest BCUT2D eigenvalue weighted by atomic mass is 32.1. The first kappa shape index (κ1) is 31.5. The number of para-hydroxylation sites is 2. The highest BCUT2D eigenvalue weighted by Crippen LogP contribution is 2.43. The zero-order valence-electron chi connectivity index (χ0n) is 30.2. The van der Waals surface area contributed by atoms with Gasteiger partial charge in [-0.3, -0.25) is 8.97 Å². The summed E-state index contributed by atoms with van der Waals surface area (Å²) < 4.78 is 7.26. The Bertz CT molecular complexity index is 3440. The van der Waals surface area contributed by atoms with E-state index >= 15 is 0 Å². The maximum atomic E-state index is 5.00.